The van der Waals surface area contributed by atoms with Gasteiger partial charge in [0.05, 0.1) is 17.5 Å². The topological polar surface area (TPSA) is 72.2 Å². The van der Waals surface area contributed by atoms with Gasteiger partial charge < -0.3 is 5.32 Å². The molecule has 0 heterocycles. The zero-order chi connectivity index (χ0) is 12.8. The fraction of sp³-hybridized carbons (Fsp3) is 0.182. The van der Waals surface area contributed by atoms with Crippen molar-refractivity contribution in [2.24, 2.45) is 0 Å². The van der Waals surface area contributed by atoms with E-state index >= 15 is 0 Å². The molecule has 0 spiro atoms. The van der Waals surface area contributed by atoms with Crippen molar-refractivity contribution in [3.8, 4) is 11.8 Å². The maximum absolute atomic E-state index is 13.0. The van der Waals surface area contributed by atoms with Crippen LogP contribution in [0.25, 0.3) is 0 Å². The molecule has 0 radical (unpaired) electrons. The first-order valence-corrected chi connectivity index (χ1v) is 4.67. The van der Waals surface area contributed by atoms with Crippen LogP contribution in [0.2, 0.25) is 0 Å². The van der Waals surface area contributed by atoms with Crippen LogP contribution in [-0.2, 0) is 4.79 Å². The number of hydrogen-bond acceptors (Lipinski definition) is 3. The number of halogens is 1. The third kappa shape index (κ3) is 4.30. The van der Waals surface area contributed by atoms with Crippen LogP contribution < -0.4 is 5.32 Å². The maximum Gasteiger partial charge on any atom is 0.273 e. The van der Waals surface area contributed by atoms with Crippen LogP contribution >= 0.6 is 0 Å². The van der Waals surface area contributed by atoms with Crippen molar-refractivity contribution >= 4 is 11.6 Å². The monoisotopic (exact) mass is 236 g/mol. The van der Waals surface area contributed by atoms with Gasteiger partial charge in [-0.05, 0) is 6.07 Å². The number of nitro groups is 1. The summed E-state index contributed by atoms with van der Waals surface area (Å²) in [5, 5.41) is 12.9. The average molecular weight is 236 g/mol. The van der Waals surface area contributed by atoms with Crippen LogP contribution in [0.15, 0.2) is 18.2 Å². The Hall–Kier alpha value is -2.42. The maximum atomic E-state index is 13.0. The van der Waals surface area contributed by atoms with Crippen LogP contribution in [0.1, 0.15) is 12.5 Å². The number of hydrogen-bond donors (Lipinski definition) is 1. The van der Waals surface area contributed by atoms with Gasteiger partial charge in [0.25, 0.3) is 5.69 Å². The summed E-state index contributed by atoms with van der Waals surface area (Å²) < 4.78 is 13.0. The van der Waals surface area contributed by atoms with Crippen LogP contribution in [0, 0.1) is 27.8 Å². The number of rotatable bonds is 2. The van der Waals surface area contributed by atoms with E-state index < -0.39 is 10.7 Å². The molecule has 0 saturated heterocycles. The number of nitro benzene ring substituents is 1. The van der Waals surface area contributed by atoms with Gasteiger partial charge in [0.15, 0.2) is 0 Å². The van der Waals surface area contributed by atoms with Gasteiger partial charge in [-0.25, -0.2) is 4.39 Å². The average Bonchev–Trinajstić information content (AvgIpc) is 2.23. The zero-order valence-corrected chi connectivity index (χ0v) is 8.99. The van der Waals surface area contributed by atoms with Crippen LogP contribution in [0.3, 0.4) is 0 Å². The van der Waals surface area contributed by atoms with Crippen LogP contribution in [0.5, 0.6) is 0 Å². The lowest BCUT2D eigenvalue weighted by Crippen LogP contribution is -2.19. The second-order valence-corrected chi connectivity index (χ2v) is 3.17. The predicted octanol–water partition coefficient (Wildman–Crippen LogP) is 1.22. The molecule has 1 rings (SSSR count). The third-order valence-corrected chi connectivity index (χ3v) is 1.75. The Morgan fingerprint density at radius 1 is 1.53 bits per heavy atom. The Balaban J connectivity index is 2.84. The molecule has 0 aliphatic carbocycles. The zero-order valence-electron chi connectivity index (χ0n) is 8.99. The fourth-order valence-electron chi connectivity index (χ4n) is 1.07. The third-order valence-electron chi connectivity index (χ3n) is 1.75. The molecule has 0 fully saturated rings. The Bertz CT molecular complexity index is 517. The number of nitrogens with one attached hydrogen (secondary N) is 1. The number of nitrogens with zero attached hydrogens (tertiary/aromatic N) is 1. The molecule has 0 aliphatic heterocycles. The molecule has 5 nitrogen and oxygen atoms in total. The molecule has 0 unspecified atom stereocenters. The standard InChI is InChI=1S/C11H9FN2O3/c1-8(15)13-4-2-3-9-5-10(12)7-11(6-9)14(16)17/h5-7H,4H2,1H3,(H,13,15). The second-order valence-electron chi connectivity index (χ2n) is 3.17. The Kier molecular flexibility index (Phi) is 4.17. The van der Waals surface area contributed by atoms with Crippen LogP contribution in [0.4, 0.5) is 10.1 Å². The van der Waals surface area contributed by atoms with E-state index in [2.05, 4.69) is 17.2 Å². The van der Waals surface area contributed by atoms with Gasteiger partial charge in [-0.15, -0.1) is 0 Å². The summed E-state index contributed by atoms with van der Waals surface area (Å²) in [6.45, 7) is 1.45. The summed E-state index contributed by atoms with van der Waals surface area (Å²) in [5.41, 5.74) is -0.157. The highest BCUT2D eigenvalue weighted by molar-refractivity contribution is 5.73. The van der Waals surface area contributed by atoms with E-state index in [0.717, 1.165) is 12.1 Å². The molecular formula is C11H9FN2O3. The van der Waals surface area contributed by atoms with Crippen molar-refractivity contribution in [2.45, 2.75) is 6.92 Å². The normalized spacial score (nSPS) is 9.06. The van der Waals surface area contributed by atoms with Gasteiger partial charge in [-0.2, -0.15) is 0 Å². The Labute approximate surface area is 96.8 Å². The summed E-state index contributed by atoms with van der Waals surface area (Å²) in [6, 6.07) is 3.08. The molecular weight excluding hydrogens is 227 g/mol. The summed E-state index contributed by atoms with van der Waals surface area (Å²) in [5.74, 6) is 4.13. The highest BCUT2D eigenvalue weighted by Crippen LogP contribution is 2.15. The number of carbonyl (C=O) groups excluding carboxylic acids is 1. The minimum Gasteiger partial charge on any atom is -0.345 e. The van der Waals surface area contributed by atoms with E-state index in [0.29, 0.717) is 0 Å². The van der Waals surface area contributed by atoms with Gasteiger partial charge in [-0.3, -0.25) is 14.9 Å². The van der Waals surface area contributed by atoms with Crippen molar-refractivity contribution < 1.29 is 14.1 Å². The molecule has 1 aromatic rings. The number of amides is 1. The van der Waals surface area contributed by atoms with E-state index in [1.807, 2.05) is 0 Å². The largest absolute Gasteiger partial charge is 0.345 e. The van der Waals surface area contributed by atoms with Gasteiger partial charge in [0.2, 0.25) is 5.91 Å². The molecule has 17 heavy (non-hydrogen) atoms. The minimum atomic E-state index is -0.719. The fourth-order valence-corrected chi connectivity index (χ4v) is 1.07. The van der Waals surface area contributed by atoms with E-state index in [-0.39, 0.29) is 23.7 Å². The van der Waals surface area contributed by atoms with Crippen LogP contribution in [-0.4, -0.2) is 17.4 Å². The van der Waals surface area contributed by atoms with Crippen molar-refractivity contribution in [1.82, 2.24) is 5.32 Å². The van der Waals surface area contributed by atoms with E-state index in [4.69, 9.17) is 0 Å². The lowest BCUT2D eigenvalue weighted by Gasteiger charge is -1.94. The molecule has 0 atom stereocenters. The molecule has 88 valence electrons. The molecule has 0 saturated carbocycles. The first kappa shape index (κ1) is 12.6. The Morgan fingerprint density at radius 3 is 2.82 bits per heavy atom. The number of non-ortho nitro benzene ring substituents is 1. The predicted molar refractivity (Wildman–Crippen MR) is 58.6 cm³/mol. The molecule has 0 aromatic heterocycles. The summed E-state index contributed by atoms with van der Waals surface area (Å²) in [7, 11) is 0. The SMILES string of the molecule is CC(=O)NCC#Cc1cc(F)cc([N+](=O)[O-])c1. The van der Waals surface area contributed by atoms with Gasteiger partial charge >= 0.3 is 0 Å². The minimum absolute atomic E-state index is 0.111. The number of benzene rings is 1. The highest BCUT2D eigenvalue weighted by Gasteiger charge is 2.08. The molecule has 1 N–H and O–H groups in total. The summed E-state index contributed by atoms with van der Waals surface area (Å²) in [4.78, 5) is 20.3. The van der Waals surface area contributed by atoms with Gasteiger partial charge in [0.1, 0.15) is 5.82 Å². The van der Waals surface area contributed by atoms with Crippen molar-refractivity contribution in [2.75, 3.05) is 6.54 Å². The summed E-state index contributed by atoms with van der Waals surface area (Å²) in [6.07, 6.45) is 0. The lowest BCUT2D eigenvalue weighted by molar-refractivity contribution is -0.385. The van der Waals surface area contributed by atoms with Crippen molar-refractivity contribution in [3.05, 3.63) is 39.7 Å². The molecule has 6 heteroatoms. The van der Waals surface area contributed by atoms with E-state index in [1.54, 1.807) is 0 Å². The van der Waals surface area contributed by atoms with Gasteiger partial charge in [-0.1, -0.05) is 11.8 Å². The first-order valence-electron chi connectivity index (χ1n) is 4.67. The molecule has 1 amide bonds. The highest BCUT2D eigenvalue weighted by atomic mass is 19.1. The van der Waals surface area contributed by atoms with Crippen molar-refractivity contribution in [3.63, 3.8) is 0 Å². The molecule has 0 bridgehead atoms. The van der Waals surface area contributed by atoms with E-state index in [1.165, 1.54) is 13.0 Å². The number of carbonyl (C=O) groups is 1. The lowest BCUT2D eigenvalue weighted by atomic mass is 10.2. The van der Waals surface area contributed by atoms with Crippen molar-refractivity contribution in [1.29, 1.82) is 0 Å². The smallest absolute Gasteiger partial charge is 0.273 e. The quantitative estimate of drug-likeness (QED) is 0.476. The summed E-state index contributed by atoms with van der Waals surface area (Å²) >= 11 is 0. The van der Waals surface area contributed by atoms with Gasteiger partial charge in [0, 0.05) is 18.6 Å². The Morgan fingerprint density at radius 2 is 2.24 bits per heavy atom. The molecule has 1 aromatic carbocycles. The molecule has 0 aliphatic rings. The second kappa shape index (κ2) is 5.61. The van der Waals surface area contributed by atoms with E-state index in [9.17, 15) is 19.3 Å². The first-order chi connectivity index (χ1) is 7.99.